The zero-order valence-corrected chi connectivity index (χ0v) is 17.2. The number of rotatable bonds is 4. The van der Waals surface area contributed by atoms with Crippen LogP contribution in [0.25, 0.3) is 21.3 Å². The number of halogens is 1. The minimum absolute atomic E-state index is 0.153. The van der Waals surface area contributed by atoms with Crippen LogP contribution in [0.3, 0.4) is 0 Å². The van der Waals surface area contributed by atoms with E-state index in [-0.39, 0.29) is 23.7 Å². The minimum Gasteiger partial charge on any atom is -0.490 e. The number of ether oxygens (including phenoxy) is 2. The maximum absolute atomic E-state index is 13.3. The highest BCUT2D eigenvalue weighted by molar-refractivity contribution is 7.17. The normalized spacial score (nSPS) is 13.2. The summed E-state index contributed by atoms with van der Waals surface area (Å²) in [5.41, 5.74) is 1.52. The lowest BCUT2D eigenvalue weighted by molar-refractivity contribution is 0.0970. The molecular formula is C23H17FN2O4S. The van der Waals surface area contributed by atoms with Crippen molar-refractivity contribution in [2.75, 3.05) is 13.2 Å². The van der Waals surface area contributed by atoms with Crippen LogP contribution < -0.4 is 15.0 Å². The van der Waals surface area contributed by atoms with Crippen molar-refractivity contribution in [3.05, 3.63) is 75.9 Å². The molecule has 1 aliphatic heterocycles. The molecule has 0 bridgehead atoms. The van der Waals surface area contributed by atoms with E-state index < -0.39 is 0 Å². The lowest BCUT2D eigenvalue weighted by atomic mass is 10.1. The molecule has 1 aliphatic rings. The van der Waals surface area contributed by atoms with Crippen LogP contribution in [-0.2, 0) is 6.54 Å². The van der Waals surface area contributed by atoms with E-state index in [1.165, 1.54) is 34.4 Å². The second-order valence-electron chi connectivity index (χ2n) is 7.15. The molecule has 0 spiro atoms. The molecule has 31 heavy (non-hydrogen) atoms. The maximum atomic E-state index is 13.3. The Bertz CT molecular complexity index is 1340. The van der Waals surface area contributed by atoms with Crippen molar-refractivity contribution in [1.29, 1.82) is 0 Å². The van der Waals surface area contributed by atoms with Crippen LogP contribution in [0.1, 0.15) is 16.8 Å². The van der Waals surface area contributed by atoms with Gasteiger partial charge in [-0.15, -0.1) is 11.3 Å². The first-order valence-corrected chi connectivity index (χ1v) is 10.6. The van der Waals surface area contributed by atoms with Gasteiger partial charge in [0.2, 0.25) is 0 Å². The van der Waals surface area contributed by atoms with Gasteiger partial charge < -0.3 is 9.47 Å². The van der Waals surface area contributed by atoms with E-state index in [2.05, 4.69) is 4.98 Å². The smallest absolute Gasteiger partial charge is 0.263 e. The SMILES string of the molecule is O=C(Cn1cnc2scc(-c3ccc(F)cc3)c2c1=O)c1ccc2c(c1)OCCCO2. The molecule has 3 heterocycles. The van der Waals surface area contributed by atoms with Gasteiger partial charge in [-0.25, -0.2) is 9.37 Å². The first-order valence-electron chi connectivity index (χ1n) is 9.75. The van der Waals surface area contributed by atoms with Crippen LogP contribution in [0.4, 0.5) is 4.39 Å². The predicted molar refractivity (Wildman–Crippen MR) is 116 cm³/mol. The molecule has 5 rings (SSSR count). The number of thiophene rings is 1. The van der Waals surface area contributed by atoms with Gasteiger partial charge in [0.1, 0.15) is 10.6 Å². The Morgan fingerprint density at radius 2 is 1.87 bits per heavy atom. The zero-order chi connectivity index (χ0) is 21.4. The minimum atomic E-state index is -0.348. The average molecular weight is 436 g/mol. The average Bonchev–Trinajstić information content (AvgIpc) is 3.07. The van der Waals surface area contributed by atoms with Gasteiger partial charge in [0.05, 0.1) is 31.5 Å². The number of fused-ring (bicyclic) bond motifs is 2. The number of hydrogen-bond acceptors (Lipinski definition) is 6. The molecule has 4 aromatic rings. The molecule has 156 valence electrons. The van der Waals surface area contributed by atoms with Gasteiger partial charge >= 0.3 is 0 Å². The Labute approximate surface area is 180 Å². The summed E-state index contributed by atoms with van der Waals surface area (Å²) < 4.78 is 25.8. The van der Waals surface area contributed by atoms with Gasteiger partial charge in [0.25, 0.3) is 5.56 Å². The monoisotopic (exact) mass is 436 g/mol. The Morgan fingerprint density at radius 1 is 1.10 bits per heavy atom. The number of aromatic nitrogens is 2. The number of carbonyl (C=O) groups excluding carboxylic acids is 1. The van der Waals surface area contributed by atoms with Crippen LogP contribution in [0.5, 0.6) is 11.5 Å². The maximum Gasteiger partial charge on any atom is 0.263 e. The molecule has 8 heteroatoms. The van der Waals surface area contributed by atoms with Crippen molar-refractivity contribution in [1.82, 2.24) is 9.55 Å². The Hall–Kier alpha value is -3.52. The first kappa shape index (κ1) is 19.4. The standard InChI is InChI=1S/C23H17FN2O4S/c24-16-5-2-14(3-6-16)17-12-31-22-21(17)23(28)26(13-25-22)11-18(27)15-4-7-19-20(10-15)30-9-1-8-29-19/h2-7,10,12-13H,1,8-9,11H2. The third-order valence-corrected chi connectivity index (χ3v) is 5.99. The lowest BCUT2D eigenvalue weighted by Crippen LogP contribution is -2.24. The molecule has 0 radical (unpaired) electrons. The Morgan fingerprint density at radius 3 is 2.68 bits per heavy atom. The summed E-state index contributed by atoms with van der Waals surface area (Å²) in [6.07, 6.45) is 2.16. The largest absolute Gasteiger partial charge is 0.490 e. The molecule has 0 aliphatic carbocycles. The van der Waals surface area contributed by atoms with Crippen LogP contribution in [-0.4, -0.2) is 28.5 Å². The molecule has 0 N–H and O–H groups in total. The fourth-order valence-corrected chi connectivity index (χ4v) is 4.41. The number of ketones is 1. The molecular weight excluding hydrogens is 419 g/mol. The molecule has 0 fully saturated rings. The van der Waals surface area contributed by atoms with E-state index in [1.54, 1.807) is 30.3 Å². The number of benzene rings is 2. The van der Waals surface area contributed by atoms with E-state index >= 15 is 0 Å². The predicted octanol–water partition coefficient (Wildman–Crippen LogP) is 4.31. The second kappa shape index (κ2) is 7.96. The highest BCUT2D eigenvalue weighted by Crippen LogP contribution is 2.32. The van der Waals surface area contributed by atoms with Crippen molar-refractivity contribution in [2.24, 2.45) is 0 Å². The summed E-state index contributed by atoms with van der Waals surface area (Å²) in [5, 5.41) is 2.24. The lowest BCUT2D eigenvalue weighted by Gasteiger charge is -2.10. The van der Waals surface area contributed by atoms with Crippen molar-refractivity contribution < 1.29 is 18.7 Å². The third-order valence-electron chi connectivity index (χ3n) is 5.10. The quantitative estimate of drug-likeness (QED) is 0.446. The highest BCUT2D eigenvalue weighted by atomic mass is 32.1. The number of hydrogen-bond donors (Lipinski definition) is 0. The molecule has 0 saturated heterocycles. The number of carbonyl (C=O) groups is 1. The van der Waals surface area contributed by atoms with E-state index in [0.717, 1.165) is 12.0 Å². The van der Waals surface area contributed by atoms with Crippen molar-refractivity contribution in [3.63, 3.8) is 0 Å². The van der Waals surface area contributed by atoms with E-state index in [9.17, 15) is 14.0 Å². The fraction of sp³-hybridized carbons (Fsp3) is 0.174. The van der Waals surface area contributed by atoms with Gasteiger partial charge in [-0.3, -0.25) is 14.2 Å². The molecule has 2 aromatic carbocycles. The van der Waals surface area contributed by atoms with Crippen LogP contribution in [0.15, 0.2) is 59.0 Å². The molecule has 0 unspecified atom stereocenters. The van der Waals surface area contributed by atoms with Crippen molar-refractivity contribution in [3.8, 4) is 22.6 Å². The summed E-state index contributed by atoms with van der Waals surface area (Å²) in [6.45, 7) is 0.938. The van der Waals surface area contributed by atoms with Crippen LogP contribution in [0.2, 0.25) is 0 Å². The van der Waals surface area contributed by atoms with Gasteiger partial charge in [-0.2, -0.15) is 0 Å². The molecule has 6 nitrogen and oxygen atoms in total. The number of Topliss-reactive ketones (excluding diaryl/α,β-unsaturated/α-hetero) is 1. The number of nitrogens with zero attached hydrogens (tertiary/aromatic N) is 2. The summed E-state index contributed by atoms with van der Waals surface area (Å²) in [5.74, 6) is 0.550. The van der Waals surface area contributed by atoms with Crippen LogP contribution >= 0.6 is 11.3 Å². The van der Waals surface area contributed by atoms with E-state index in [1.807, 2.05) is 5.38 Å². The summed E-state index contributed by atoms with van der Waals surface area (Å²) in [6, 6.07) is 11.0. The van der Waals surface area contributed by atoms with Gasteiger partial charge in [-0.1, -0.05) is 12.1 Å². The van der Waals surface area contributed by atoms with E-state index in [0.29, 0.717) is 46.1 Å². The second-order valence-corrected chi connectivity index (χ2v) is 8.01. The highest BCUT2D eigenvalue weighted by Gasteiger charge is 2.17. The first-order chi connectivity index (χ1) is 15.1. The summed E-state index contributed by atoms with van der Waals surface area (Å²) in [4.78, 5) is 31.0. The zero-order valence-electron chi connectivity index (χ0n) is 16.3. The van der Waals surface area contributed by atoms with Gasteiger partial charge in [0.15, 0.2) is 17.3 Å². The van der Waals surface area contributed by atoms with Crippen molar-refractivity contribution in [2.45, 2.75) is 13.0 Å². The molecule has 0 atom stereocenters. The summed E-state index contributed by atoms with van der Waals surface area (Å²) in [7, 11) is 0. The van der Waals surface area contributed by atoms with Crippen LogP contribution in [0, 0.1) is 5.82 Å². The summed E-state index contributed by atoms with van der Waals surface area (Å²) >= 11 is 1.33. The van der Waals surface area contributed by atoms with Gasteiger partial charge in [0, 0.05) is 22.9 Å². The Balaban J connectivity index is 1.48. The molecule has 2 aromatic heterocycles. The van der Waals surface area contributed by atoms with Gasteiger partial charge in [-0.05, 0) is 35.9 Å². The Kier molecular flexibility index (Phi) is 4.99. The van der Waals surface area contributed by atoms with Crippen molar-refractivity contribution >= 4 is 27.3 Å². The fourth-order valence-electron chi connectivity index (χ4n) is 3.50. The molecule has 0 amide bonds. The molecule has 0 saturated carbocycles. The van der Waals surface area contributed by atoms with E-state index in [4.69, 9.17) is 9.47 Å². The third kappa shape index (κ3) is 3.70. The topological polar surface area (TPSA) is 70.4 Å².